The molecule has 5 rings (SSSR count). The smallest absolute Gasteiger partial charge is 0.303 e. The molecular formula is C23H19ClFN3O5. The van der Waals surface area contributed by atoms with Gasteiger partial charge in [0.05, 0.1) is 18.4 Å². The highest BCUT2D eigenvalue weighted by molar-refractivity contribution is 6.31. The molecule has 2 aromatic rings. The van der Waals surface area contributed by atoms with Crippen LogP contribution in [0.3, 0.4) is 0 Å². The third-order valence-corrected chi connectivity index (χ3v) is 6.93. The zero-order valence-corrected chi connectivity index (χ0v) is 17.9. The van der Waals surface area contributed by atoms with Crippen molar-refractivity contribution in [1.29, 1.82) is 0 Å². The molecule has 10 heteroatoms. The van der Waals surface area contributed by atoms with Crippen LogP contribution < -0.4 is 10.6 Å². The van der Waals surface area contributed by atoms with Crippen molar-refractivity contribution in [2.45, 2.75) is 31.0 Å². The molecule has 0 aromatic heterocycles. The van der Waals surface area contributed by atoms with E-state index in [1.807, 2.05) is 0 Å². The molecular weight excluding hydrogens is 453 g/mol. The maximum Gasteiger partial charge on any atom is 0.303 e. The summed E-state index contributed by atoms with van der Waals surface area (Å²) in [6.07, 6.45) is -0.175. The molecule has 3 aliphatic heterocycles. The highest BCUT2D eigenvalue weighted by Gasteiger charge is 2.70. The van der Waals surface area contributed by atoms with Crippen LogP contribution in [0.15, 0.2) is 42.5 Å². The average molecular weight is 472 g/mol. The number of benzene rings is 2. The molecule has 3 heterocycles. The van der Waals surface area contributed by atoms with E-state index < -0.39 is 52.9 Å². The Bertz CT molecular complexity index is 1200. The molecule has 0 bridgehead atoms. The summed E-state index contributed by atoms with van der Waals surface area (Å²) in [7, 11) is 0. The van der Waals surface area contributed by atoms with Crippen LogP contribution in [0.4, 0.5) is 10.1 Å². The minimum Gasteiger partial charge on any atom is -0.481 e. The van der Waals surface area contributed by atoms with Crippen LogP contribution in [0.1, 0.15) is 24.0 Å². The van der Waals surface area contributed by atoms with Gasteiger partial charge in [-0.2, -0.15) is 0 Å². The molecule has 2 unspecified atom stereocenters. The second-order valence-electron chi connectivity index (χ2n) is 8.53. The third kappa shape index (κ3) is 3.22. The lowest BCUT2D eigenvalue weighted by Crippen LogP contribution is -2.53. The zero-order chi connectivity index (χ0) is 23.5. The van der Waals surface area contributed by atoms with Gasteiger partial charge in [-0.05, 0) is 42.3 Å². The van der Waals surface area contributed by atoms with Crippen LogP contribution in [0, 0.1) is 17.7 Å². The number of carboxylic acids is 1. The molecule has 2 aromatic carbocycles. The normalized spacial score (nSPS) is 27.8. The number of carbonyl (C=O) groups is 4. The van der Waals surface area contributed by atoms with E-state index in [1.165, 1.54) is 24.3 Å². The first-order valence-electron chi connectivity index (χ1n) is 10.4. The van der Waals surface area contributed by atoms with Crippen LogP contribution in [-0.2, 0) is 31.3 Å². The third-order valence-electron chi connectivity index (χ3n) is 6.69. The Hall–Kier alpha value is -3.30. The second kappa shape index (κ2) is 7.64. The largest absolute Gasteiger partial charge is 0.481 e. The number of amides is 3. The van der Waals surface area contributed by atoms with Crippen molar-refractivity contribution in [3.8, 4) is 0 Å². The Labute approximate surface area is 192 Å². The van der Waals surface area contributed by atoms with E-state index in [0.717, 1.165) is 4.90 Å². The molecule has 3 N–H and O–H groups in total. The van der Waals surface area contributed by atoms with Crippen LogP contribution >= 0.6 is 11.6 Å². The maximum absolute atomic E-state index is 13.6. The van der Waals surface area contributed by atoms with Gasteiger partial charge in [-0.15, -0.1) is 0 Å². The van der Waals surface area contributed by atoms with Gasteiger partial charge in [0.25, 0.3) is 0 Å². The number of fused-ring (bicyclic) bond motifs is 4. The van der Waals surface area contributed by atoms with Gasteiger partial charge in [0.15, 0.2) is 0 Å². The Kier molecular flexibility index (Phi) is 4.98. The minimum absolute atomic E-state index is 0.0604. The molecule has 8 nitrogen and oxygen atoms in total. The first-order valence-corrected chi connectivity index (χ1v) is 10.8. The highest BCUT2D eigenvalue weighted by Crippen LogP contribution is 2.54. The lowest BCUT2D eigenvalue weighted by molar-refractivity contribution is -0.144. The number of hydrogen-bond acceptors (Lipinski definition) is 5. The van der Waals surface area contributed by atoms with E-state index in [4.69, 9.17) is 11.6 Å². The molecule has 3 aliphatic rings. The van der Waals surface area contributed by atoms with E-state index in [0.29, 0.717) is 21.8 Å². The van der Waals surface area contributed by atoms with E-state index in [-0.39, 0.29) is 19.4 Å². The summed E-state index contributed by atoms with van der Waals surface area (Å²) in [5, 5.41) is 15.5. The fourth-order valence-corrected chi connectivity index (χ4v) is 5.46. The first kappa shape index (κ1) is 21.5. The number of aliphatic carboxylic acids is 1. The van der Waals surface area contributed by atoms with Gasteiger partial charge in [0.1, 0.15) is 11.4 Å². The fraction of sp³-hybridized carbons (Fsp3) is 0.304. The topological polar surface area (TPSA) is 116 Å². The zero-order valence-electron chi connectivity index (χ0n) is 17.2. The number of nitrogens with zero attached hydrogens (tertiary/aromatic N) is 1. The van der Waals surface area contributed by atoms with Gasteiger partial charge < -0.3 is 10.4 Å². The Morgan fingerprint density at radius 3 is 2.55 bits per heavy atom. The molecule has 1 spiro atoms. The van der Waals surface area contributed by atoms with E-state index >= 15 is 0 Å². The van der Waals surface area contributed by atoms with Gasteiger partial charge in [0, 0.05) is 28.7 Å². The van der Waals surface area contributed by atoms with Crippen molar-refractivity contribution in [2.24, 2.45) is 11.8 Å². The molecule has 0 saturated carbocycles. The van der Waals surface area contributed by atoms with Gasteiger partial charge in [0.2, 0.25) is 17.7 Å². The number of rotatable bonds is 5. The van der Waals surface area contributed by atoms with Crippen LogP contribution in [0.5, 0.6) is 0 Å². The van der Waals surface area contributed by atoms with Gasteiger partial charge in [-0.1, -0.05) is 23.7 Å². The number of anilines is 1. The van der Waals surface area contributed by atoms with Crippen LogP contribution in [0.2, 0.25) is 5.02 Å². The number of carbonyl (C=O) groups excluding carboxylic acids is 3. The predicted octanol–water partition coefficient (Wildman–Crippen LogP) is 2.26. The summed E-state index contributed by atoms with van der Waals surface area (Å²) < 4.78 is 13.3. The summed E-state index contributed by atoms with van der Waals surface area (Å²) in [4.78, 5) is 52.6. The van der Waals surface area contributed by atoms with Gasteiger partial charge in [-0.3, -0.25) is 29.4 Å². The lowest BCUT2D eigenvalue weighted by Gasteiger charge is -2.29. The minimum atomic E-state index is -1.54. The number of imide groups is 1. The molecule has 4 atom stereocenters. The SMILES string of the molecule is O=C(O)CCC1NC2(C(=O)Nc3ccc(Cl)cc32)[C@@H]2C(=O)N(Cc3ccc(F)cc3)C(=O)[C@H]12. The molecule has 170 valence electrons. The second-order valence-corrected chi connectivity index (χ2v) is 8.96. The number of likely N-dealkylation sites (tertiary alicyclic amines) is 1. The van der Waals surface area contributed by atoms with E-state index in [2.05, 4.69) is 10.6 Å². The number of hydrogen-bond donors (Lipinski definition) is 3. The average Bonchev–Trinajstić information content (AvgIpc) is 3.34. The van der Waals surface area contributed by atoms with E-state index in [9.17, 15) is 28.7 Å². The summed E-state index contributed by atoms with van der Waals surface area (Å²) in [5.41, 5.74) is -0.0518. The van der Waals surface area contributed by atoms with Crippen molar-refractivity contribution >= 4 is 41.0 Å². The van der Waals surface area contributed by atoms with Gasteiger partial charge >= 0.3 is 5.97 Å². The summed E-state index contributed by atoms with van der Waals surface area (Å²) in [5.74, 6) is -4.99. The number of halogens is 2. The molecule has 2 saturated heterocycles. The van der Waals surface area contributed by atoms with Crippen molar-refractivity contribution in [3.63, 3.8) is 0 Å². The molecule has 2 fully saturated rings. The van der Waals surface area contributed by atoms with Crippen LogP contribution in [0.25, 0.3) is 0 Å². The van der Waals surface area contributed by atoms with Crippen molar-refractivity contribution in [3.05, 3.63) is 64.4 Å². The first-order chi connectivity index (χ1) is 15.7. The molecule has 33 heavy (non-hydrogen) atoms. The van der Waals surface area contributed by atoms with E-state index in [1.54, 1.807) is 18.2 Å². The van der Waals surface area contributed by atoms with Crippen molar-refractivity contribution < 1.29 is 28.7 Å². The summed E-state index contributed by atoms with van der Waals surface area (Å²) in [6.45, 7) is -0.0727. The monoisotopic (exact) mass is 471 g/mol. The van der Waals surface area contributed by atoms with Crippen molar-refractivity contribution in [1.82, 2.24) is 10.2 Å². The van der Waals surface area contributed by atoms with Crippen LogP contribution in [-0.4, -0.2) is 39.7 Å². The molecule has 0 radical (unpaired) electrons. The number of carboxylic acid groups (broad SMARTS) is 1. The van der Waals surface area contributed by atoms with Gasteiger partial charge in [-0.25, -0.2) is 4.39 Å². The van der Waals surface area contributed by atoms with Crippen molar-refractivity contribution in [2.75, 3.05) is 5.32 Å². The Morgan fingerprint density at radius 2 is 1.85 bits per heavy atom. The predicted molar refractivity (Wildman–Crippen MR) is 114 cm³/mol. The summed E-state index contributed by atoms with van der Waals surface area (Å²) >= 11 is 6.19. The molecule has 3 amide bonds. The fourth-order valence-electron chi connectivity index (χ4n) is 5.29. The maximum atomic E-state index is 13.6. The Morgan fingerprint density at radius 1 is 1.12 bits per heavy atom. The Balaban J connectivity index is 1.58. The summed E-state index contributed by atoms with van der Waals surface area (Å²) in [6, 6.07) is 9.55. The lowest BCUT2D eigenvalue weighted by atomic mass is 9.76. The molecule has 0 aliphatic carbocycles. The highest BCUT2D eigenvalue weighted by atomic mass is 35.5. The quantitative estimate of drug-likeness (QED) is 0.576. The number of nitrogens with one attached hydrogen (secondary N) is 2. The standard InChI is InChI=1S/C23H19ClFN3O5/c24-12-3-6-15-14(9-12)23(22(33)26-15)19-18(16(27-23)7-8-17(29)30)20(31)28(21(19)32)10-11-1-4-13(25)5-2-11/h1-6,9,16,18-19,27H,7-8,10H2,(H,26,33)(H,29,30)/t16?,18-,19+,23?/m1/s1.